The number of fused-ring (bicyclic) bond motifs is 3. The lowest BCUT2D eigenvalue weighted by Gasteiger charge is -2.15. The van der Waals surface area contributed by atoms with Crippen molar-refractivity contribution in [1.29, 1.82) is 0 Å². The van der Waals surface area contributed by atoms with Crippen LogP contribution in [0, 0.1) is 0 Å². The number of esters is 1. The summed E-state index contributed by atoms with van der Waals surface area (Å²) in [6.07, 6.45) is 3.51. The number of thiophene rings is 1. The maximum absolute atomic E-state index is 12.4. The predicted octanol–water partition coefficient (Wildman–Crippen LogP) is 4.09. The van der Waals surface area contributed by atoms with E-state index in [1.54, 1.807) is 16.9 Å². The van der Waals surface area contributed by atoms with Crippen LogP contribution in [0.4, 0.5) is 5.82 Å². The number of benzene rings is 1. The molecule has 3 aromatic rings. The molecule has 0 spiro atoms. The standard InChI is InChI=1S/C21H21N3O3S/c1-13(2)24-18(9-10-22-24)23-19(25)12-27-21(26)17-11-15-8-7-14-5-3-4-6-16(14)20(15)28-17/h3-6,9-11,13H,7-8,12H2,1-2H3,(H,23,25). The number of rotatable bonds is 5. The number of aromatic nitrogens is 2. The van der Waals surface area contributed by atoms with Gasteiger partial charge >= 0.3 is 5.97 Å². The molecule has 4 rings (SSSR count). The van der Waals surface area contributed by atoms with Crippen molar-refractivity contribution in [3.05, 3.63) is 58.6 Å². The van der Waals surface area contributed by atoms with Gasteiger partial charge in [-0.2, -0.15) is 5.10 Å². The van der Waals surface area contributed by atoms with Gasteiger partial charge in [0.25, 0.3) is 5.91 Å². The van der Waals surface area contributed by atoms with E-state index >= 15 is 0 Å². The number of anilines is 1. The third-order valence-electron chi connectivity index (χ3n) is 4.70. The van der Waals surface area contributed by atoms with Crippen LogP contribution in [0.5, 0.6) is 0 Å². The van der Waals surface area contributed by atoms with Gasteiger partial charge in [0.05, 0.1) is 6.20 Å². The van der Waals surface area contributed by atoms with E-state index < -0.39 is 5.97 Å². The summed E-state index contributed by atoms with van der Waals surface area (Å²) in [6.45, 7) is 3.61. The van der Waals surface area contributed by atoms with Gasteiger partial charge in [-0.15, -0.1) is 11.3 Å². The number of hydrogen-bond acceptors (Lipinski definition) is 5. The summed E-state index contributed by atoms with van der Waals surface area (Å²) >= 11 is 1.43. The second-order valence-electron chi connectivity index (χ2n) is 7.00. The van der Waals surface area contributed by atoms with Crippen molar-refractivity contribution >= 4 is 29.0 Å². The molecule has 1 aliphatic rings. The Hall–Kier alpha value is -2.93. The Bertz CT molecular complexity index is 1040. The first-order valence-corrected chi connectivity index (χ1v) is 10.1. The van der Waals surface area contributed by atoms with E-state index in [1.165, 1.54) is 28.0 Å². The molecule has 0 aliphatic heterocycles. The zero-order chi connectivity index (χ0) is 19.7. The number of hydrogen-bond donors (Lipinski definition) is 1. The second kappa shape index (κ2) is 7.59. The van der Waals surface area contributed by atoms with Gasteiger partial charge in [-0.1, -0.05) is 24.3 Å². The number of carbonyl (C=O) groups is 2. The van der Waals surface area contributed by atoms with Crippen LogP contribution in [-0.4, -0.2) is 28.3 Å². The molecule has 0 fully saturated rings. The minimum absolute atomic E-state index is 0.119. The quantitative estimate of drug-likeness (QED) is 0.661. The number of carbonyl (C=O) groups excluding carboxylic acids is 2. The van der Waals surface area contributed by atoms with Crippen molar-refractivity contribution in [2.24, 2.45) is 0 Å². The normalized spacial score (nSPS) is 12.4. The molecule has 0 unspecified atom stereocenters. The molecule has 0 radical (unpaired) electrons. The van der Waals surface area contributed by atoms with E-state index in [1.807, 2.05) is 32.0 Å². The molecule has 28 heavy (non-hydrogen) atoms. The van der Waals surface area contributed by atoms with E-state index in [9.17, 15) is 9.59 Å². The highest BCUT2D eigenvalue weighted by atomic mass is 32.1. The van der Waals surface area contributed by atoms with Crippen LogP contribution in [0.15, 0.2) is 42.6 Å². The minimum atomic E-state index is -0.468. The maximum atomic E-state index is 12.4. The van der Waals surface area contributed by atoms with E-state index in [2.05, 4.69) is 22.5 Å². The minimum Gasteiger partial charge on any atom is -0.451 e. The number of ether oxygens (including phenoxy) is 1. The number of nitrogens with zero attached hydrogens (tertiary/aromatic N) is 2. The highest BCUT2D eigenvalue weighted by molar-refractivity contribution is 7.17. The van der Waals surface area contributed by atoms with Crippen molar-refractivity contribution in [2.75, 3.05) is 11.9 Å². The van der Waals surface area contributed by atoms with Crippen molar-refractivity contribution in [3.63, 3.8) is 0 Å². The molecule has 6 nitrogen and oxygen atoms in total. The fourth-order valence-corrected chi connectivity index (χ4v) is 4.54. The van der Waals surface area contributed by atoms with Gasteiger partial charge in [0, 0.05) is 17.0 Å². The van der Waals surface area contributed by atoms with Gasteiger partial charge in [-0.25, -0.2) is 9.48 Å². The zero-order valence-corrected chi connectivity index (χ0v) is 16.6. The van der Waals surface area contributed by atoms with Gasteiger partial charge in [-0.05, 0) is 49.4 Å². The summed E-state index contributed by atoms with van der Waals surface area (Å²) in [5.41, 5.74) is 3.66. The smallest absolute Gasteiger partial charge is 0.348 e. The average Bonchev–Trinajstić information content (AvgIpc) is 3.33. The van der Waals surface area contributed by atoms with Gasteiger partial charge in [0.2, 0.25) is 0 Å². The summed E-state index contributed by atoms with van der Waals surface area (Å²) in [4.78, 5) is 26.3. The number of nitrogens with one attached hydrogen (secondary N) is 1. The molecule has 2 heterocycles. The van der Waals surface area contributed by atoms with Crippen LogP contribution in [-0.2, 0) is 22.4 Å². The first-order chi connectivity index (χ1) is 13.5. The number of amides is 1. The van der Waals surface area contributed by atoms with Crippen molar-refractivity contribution < 1.29 is 14.3 Å². The van der Waals surface area contributed by atoms with Crippen LogP contribution >= 0.6 is 11.3 Å². The lowest BCUT2D eigenvalue weighted by atomic mass is 9.91. The van der Waals surface area contributed by atoms with Crippen molar-refractivity contribution in [2.45, 2.75) is 32.7 Å². The Balaban J connectivity index is 1.41. The molecule has 1 aromatic carbocycles. The fourth-order valence-electron chi connectivity index (χ4n) is 3.38. The van der Waals surface area contributed by atoms with Crippen LogP contribution in [0.2, 0.25) is 0 Å². The molecular formula is C21H21N3O3S. The molecule has 7 heteroatoms. The van der Waals surface area contributed by atoms with Crippen molar-refractivity contribution in [3.8, 4) is 10.4 Å². The topological polar surface area (TPSA) is 73.2 Å². The summed E-state index contributed by atoms with van der Waals surface area (Å²) in [5, 5.41) is 6.89. The molecule has 0 bridgehead atoms. The molecule has 0 atom stereocenters. The molecule has 1 N–H and O–H groups in total. The first kappa shape index (κ1) is 18.4. The summed E-state index contributed by atoms with van der Waals surface area (Å²) < 4.78 is 6.93. The van der Waals surface area contributed by atoms with Gasteiger partial charge in [-0.3, -0.25) is 4.79 Å². The van der Waals surface area contributed by atoms with Gasteiger partial charge < -0.3 is 10.1 Å². The lowest BCUT2D eigenvalue weighted by molar-refractivity contribution is -0.119. The lowest BCUT2D eigenvalue weighted by Crippen LogP contribution is -2.22. The summed E-state index contributed by atoms with van der Waals surface area (Å²) in [6, 6.07) is 12.0. The van der Waals surface area contributed by atoms with Crippen molar-refractivity contribution in [1.82, 2.24) is 9.78 Å². The average molecular weight is 395 g/mol. The Labute approximate surface area is 167 Å². The highest BCUT2D eigenvalue weighted by Gasteiger charge is 2.22. The Morgan fingerprint density at radius 3 is 2.82 bits per heavy atom. The molecular weight excluding hydrogens is 374 g/mol. The van der Waals surface area contributed by atoms with E-state index in [0.717, 1.165) is 17.7 Å². The Morgan fingerprint density at radius 1 is 1.21 bits per heavy atom. The van der Waals surface area contributed by atoms with Crippen LogP contribution in [0.3, 0.4) is 0 Å². The zero-order valence-electron chi connectivity index (χ0n) is 15.8. The SMILES string of the molecule is CC(C)n1nccc1NC(=O)COC(=O)c1cc2c(s1)-c1ccccc1CC2. The molecule has 2 aromatic heterocycles. The molecule has 0 saturated carbocycles. The first-order valence-electron chi connectivity index (χ1n) is 9.24. The van der Waals surface area contributed by atoms with Gasteiger partial charge in [0.1, 0.15) is 10.7 Å². The van der Waals surface area contributed by atoms with Crippen LogP contribution < -0.4 is 5.32 Å². The van der Waals surface area contributed by atoms with Gasteiger partial charge in [0.15, 0.2) is 6.61 Å². The third-order valence-corrected chi connectivity index (χ3v) is 5.89. The molecule has 1 aliphatic carbocycles. The van der Waals surface area contributed by atoms with E-state index in [0.29, 0.717) is 10.7 Å². The largest absolute Gasteiger partial charge is 0.451 e. The molecule has 144 valence electrons. The highest BCUT2D eigenvalue weighted by Crippen LogP contribution is 2.39. The number of aryl methyl sites for hydroxylation is 2. The second-order valence-corrected chi connectivity index (χ2v) is 8.05. The predicted molar refractivity (Wildman–Crippen MR) is 109 cm³/mol. The third kappa shape index (κ3) is 3.57. The van der Waals surface area contributed by atoms with E-state index in [4.69, 9.17) is 4.74 Å². The summed E-state index contributed by atoms with van der Waals surface area (Å²) in [7, 11) is 0. The maximum Gasteiger partial charge on any atom is 0.348 e. The van der Waals surface area contributed by atoms with Crippen LogP contribution in [0.1, 0.15) is 40.7 Å². The van der Waals surface area contributed by atoms with E-state index in [-0.39, 0.29) is 18.6 Å². The monoisotopic (exact) mass is 395 g/mol. The molecule has 1 amide bonds. The summed E-state index contributed by atoms with van der Waals surface area (Å²) in [5.74, 6) is -0.272. The Kier molecular flexibility index (Phi) is 5.00. The fraction of sp³-hybridized carbons (Fsp3) is 0.286. The molecule has 0 saturated heterocycles. The Morgan fingerprint density at radius 2 is 2.00 bits per heavy atom. The van der Waals surface area contributed by atoms with Crippen LogP contribution in [0.25, 0.3) is 10.4 Å².